The van der Waals surface area contributed by atoms with Crippen molar-refractivity contribution in [2.24, 2.45) is 11.8 Å². The van der Waals surface area contributed by atoms with Crippen LogP contribution in [0.25, 0.3) is 10.8 Å². The first-order chi connectivity index (χ1) is 21.8. The number of nitrogens with one attached hydrogen (secondary N) is 4. The van der Waals surface area contributed by atoms with Crippen LogP contribution in [0.3, 0.4) is 0 Å². The van der Waals surface area contributed by atoms with Gasteiger partial charge in [0, 0.05) is 24.9 Å². The molecule has 4 atom stereocenters. The lowest BCUT2D eigenvalue weighted by Crippen LogP contribution is -2.56. The minimum absolute atomic E-state index is 0.0767. The van der Waals surface area contributed by atoms with Crippen molar-refractivity contribution in [2.75, 3.05) is 6.54 Å². The van der Waals surface area contributed by atoms with E-state index in [1.165, 1.54) is 0 Å². The highest BCUT2D eigenvalue weighted by molar-refractivity contribution is 5.98. The molecule has 0 spiro atoms. The zero-order chi connectivity index (χ0) is 33.4. The van der Waals surface area contributed by atoms with Crippen molar-refractivity contribution in [1.82, 2.24) is 26.4 Å². The highest BCUT2D eigenvalue weighted by atomic mass is 19.4. The highest BCUT2D eigenvalue weighted by Crippen LogP contribution is 2.29. The number of hydrogen-bond donors (Lipinski definition) is 4. The fourth-order valence-electron chi connectivity index (χ4n) is 5.42. The number of halogens is 3. The molecule has 1 aromatic heterocycles. The van der Waals surface area contributed by atoms with E-state index in [0.717, 1.165) is 17.2 Å². The number of carbonyl (C=O) groups is 5. The largest absolute Gasteiger partial charge is 0.452 e. The lowest BCUT2D eigenvalue weighted by Gasteiger charge is -2.27. The van der Waals surface area contributed by atoms with Gasteiger partial charge in [-0.15, -0.1) is 0 Å². The fraction of sp³-hybridized carbons (Fsp3) is 0.438. The first kappa shape index (κ1) is 34.1. The van der Waals surface area contributed by atoms with E-state index in [1.54, 1.807) is 18.2 Å². The molecule has 4 N–H and O–H groups in total. The first-order valence-electron chi connectivity index (χ1n) is 15.0. The number of benzene rings is 2. The Kier molecular flexibility index (Phi) is 11.1. The summed E-state index contributed by atoms with van der Waals surface area (Å²) in [4.78, 5) is 64.3. The highest BCUT2D eigenvalue weighted by Gasteiger charge is 2.37. The van der Waals surface area contributed by atoms with E-state index >= 15 is 0 Å². The summed E-state index contributed by atoms with van der Waals surface area (Å²) in [5.74, 6) is -4.73. The molecule has 11 nitrogen and oxygen atoms in total. The van der Waals surface area contributed by atoms with Gasteiger partial charge in [-0.05, 0) is 47.9 Å². The number of piperidine rings is 1. The van der Waals surface area contributed by atoms with E-state index in [2.05, 4.69) is 30.9 Å². The molecule has 0 radical (unpaired) electrons. The SMILES string of the molecule is CC(C)CC(NC(=O)C(Cc1cccc2ccccc12)NC(=O)c1cc(C(F)(F)F)on1)C(=O)NC(C=O)C[C@@H]1CCCNC1=O. The quantitative estimate of drug-likeness (QED) is 0.208. The molecule has 246 valence electrons. The normalized spacial score (nSPS) is 17.1. The van der Waals surface area contributed by atoms with Gasteiger partial charge in [-0.1, -0.05) is 61.5 Å². The molecule has 3 unspecified atom stereocenters. The summed E-state index contributed by atoms with van der Waals surface area (Å²) in [5.41, 5.74) is -0.0218. The minimum Gasteiger partial charge on any atom is -0.356 e. The molecular formula is C32H36F3N5O6. The summed E-state index contributed by atoms with van der Waals surface area (Å²) in [6, 6.07) is 9.69. The van der Waals surface area contributed by atoms with Crippen molar-refractivity contribution in [3.63, 3.8) is 0 Å². The Morgan fingerprint density at radius 2 is 1.76 bits per heavy atom. The van der Waals surface area contributed by atoms with Crippen LogP contribution in [0.2, 0.25) is 0 Å². The second-order valence-electron chi connectivity index (χ2n) is 11.8. The Hall–Kier alpha value is -4.75. The Bertz CT molecular complexity index is 1570. The summed E-state index contributed by atoms with van der Waals surface area (Å²) < 4.78 is 43.5. The smallest absolute Gasteiger partial charge is 0.356 e. The number of amides is 4. The maximum atomic E-state index is 13.8. The second kappa shape index (κ2) is 15.0. The van der Waals surface area contributed by atoms with Crippen molar-refractivity contribution in [3.05, 3.63) is 65.5 Å². The van der Waals surface area contributed by atoms with Gasteiger partial charge < -0.3 is 30.6 Å². The summed E-state index contributed by atoms with van der Waals surface area (Å²) >= 11 is 0. The van der Waals surface area contributed by atoms with E-state index in [1.807, 2.05) is 38.1 Å². The molecule has 1 aliphatic heterocycles. The summed E-state index contributed by atoms with van der Waals surface area (Å²) in [6.07, 6.45) is -2.82. The number of carbonyl (C=O) groups excluding carboxylic acids is 5. The number of hydrogen-bond acceptors (Lipinski definition) is 7. The third kappa shape index (κ3) is 8.92. The minimum atomic E-state index is -4.87. The average Bonchev–Trinajstić information content (AvgIpc) is 3.53. The van der Waals surface area contributed by atoms with Crippen molar-refractivity contribution in [2.45, 2.75) is 70.3 Å². The standard InChI is InChI=1S/C32H36F3N5O6/c1-18(2)13-24(29(43)37-22(17-41)14-21-10-6-12-36-28(21)42)38-30(44)25(15-20-9-5-8-19-7-3-4-11-23(19)20)39-31(45)26-16-27(46-40-26)32(33,34)35/h3-5,7-9,11,16-18,21-22,24-25H,6,10,12-15H2,1-2H3,(H,36,42)(H,37,43)(H,38,44)(H,39,45)/t21-,22?,24?,25?/m0/s1. The number of nitrogens with zero attached hydrogens (tertiary/aromatic N) is 1. The van der Waals surface area contributed by atoms with Gasteiger partial charge in [-0.25, -0.2) is 0 Å². The number of aromatic nitrogens is 1. The molecule has 0 aliphatic carbocycles. The Balaban J connectivity index is 1.56. The number of aldehydes is 1. The van der Waals surface area contributed by atoms with Crippen molar-refractivity contribution < 1.29 is 41.7 Å². The topological polar surface area (TPSA) is 160 Å². The van der Waals surface area contributed by atoms with Crippen LogP contribution >= 0.6 is 0 Å². The molecule has 14 heteroatoms. The predicted octanol–water partition coefficient (Wildman–Crippen LogP) is 3.32. The Labute approximate surface area is 263 Å². The summed E-state index contributed by atoms with van der Waals surface area (Å²) in [5, 5.41) is 15.3. The van der Waals surface area contributed by atoms with Crippen LogP contribution in [0.5, 0.6) is 0 Å². The number of fused-ring (bicyclic) bond motifs is 1. The zero-order valence-corrected chi connectivity index (χ0v) is 25.4. The second-order valence-corrected chi connectivity index (χ2v) is 11.8. The van der Waals surface area contributed by atoms with Crippen molar-refractivity contribution in [3.8, 4) is 0 Å². The molecule has 0 saturated carbocycles. The van der Waals surface area contributed by atoms with Gasteiger partial charge in [0.25, 0.3) is 5.91 Å². The van der Waals surface area contributed by atoms with E-state index in [9.17, 15) is 37.1 Å². The van der Waals surface area contributed by atoms with Gasteiger partial charge in [-0.2, -0.15) is 13.2 Å². The molecular weight excluding hydrogens is 607 g/mol. The molecule has 2 heterocycles. The Morgan fingerprint density at radius 1 is 1.04 bits per heavy atom. The lowest BCUT2D eigenvalue weighted by molar-refractivity contribution is -0.155. The maximum absolute atomic E-state index is 13.8. The zero-order valence-electron chi connectivity index (χ0n) is 25.4. The van der Waals surface area contributed by atoms with Crippen LogP contribution in [0, 0.1) is 11.8 Å². The van der Waals surface area contributed by atoms with Gasteiger partial charge in [0.2, 0.25) is 23.5 Å². The van der Waals surface area contributed by atoms with E-state index in [-0.39, 0.29) is 31.1 Å². The lowest BCUT2D eigenvalue weighted by atomic mass is 9.91. The van der Waals surface area contributed by atoms with E-state index in [0.29, 0.717) is 30.9 Å². The molecule has 4 rings (SSSR count). The number of rotatable bonds is 13. The molecule has 1 fully saturated rings. The van der Waals surface area contributed by atoms with Crippen LogP contribution in [0.1, 0.15) is 61.3 Å². The van der Waals surface area contributed by atoms with E-state index in [4.69, 9.17) is 0 Å². The van der Waals surface area contributed by atoms with Crippen LogP contribution in [0.4, 0.5) is 13.2 Å². The fourth-order valence-corrected chi connectivity index (χ4v) is 5.42. The average molecular weight is 644 g/mol. The molecule has 46 heavy (non-hydrogen) atoms. The maximum Gasteiger partial charge on any atom is 0.452 e. The van der Waals surface area contributed by atoms with Gasteiger partial charge in [0.15, 0.2) is 5.69 Å². The monoisotopic (exact) mass is 643 g/mol. The van der Waals surface area contributed by atoms with Crippen molar-refractivity contribution in [1.29, 1.82) is 0 Å². The van der Waals surface area contributed by atoms with Gasteiger partial charge in [0.1, 0.15) is 18.4 Å². The van der Waals surface area contributed by atoms with Gasteiger partial charge in [-0.3, -0.25) is 19.2 Å². The van der Waals surface area contributed by atoms with Crippen molar-refractivity contribution >= 4 is 40.7 Å². The van der Waals surface area contributed by atoms with Crippen LogP contribution < -0.4 is 21.3 Å². The summed E-state index contributed by atoms with van der Waals surface area (Å²) in [6.45, 7) is 4.20. The molecule has 3 aromatic rings. The third-order valence-electron chi connectivity index (χ3n) is 7.72. The third-order valence-corrected chi connectivity index (χ3v) is 7.72. The Morgan fingerprint density at radius 3 is 2.43 bits per heavy atom. The predicted molar refractivity (Wildman–Crippen MR) is 160 cm³/mol. The molecule has 1 aliphatic rings. The van der Waals surface area contributed by atoms with Crippen LogP contribution in [0.15, 0.2) is 53.1 Å². The number of alkyl halides is 3. The molecule has 1 saturated heterocycles. The van der Waals surface area contributed by atoms with Gasteiger partial charge in [0.05, 0.1) is 6.04 Å². The first-order valence-corrected chi connectivity index (χ1v) is 15.0. The van der Waals surface area contributed by atoms with Crippen LogP contribution in [-0.2, 0) is 31.8 Å². The van der Waals surface area contributed by atoms with Crippen LogP contribution in [-0.4, -0.2) is 59.7 Å². The van der Waals surface area contributed by atoms with E-state index < -0.39 is 59.4 Å². The summed E-state index contributed by atoms with van der Waals surface area (Å²) in [7, 11) is 0. The molecule has 0 bridgehead atoms. The molecule has 2 aromatic carbocycles. The van der Waals surface area contributed by atoms with Gasteiger partial charge >= 0.3 is 6.18 Å². The molecule has 4 amide bonds.